The molecule has 0 atom stereocenters. The summed E-state index contributed by atoms with van der Waals surface area (Å²) in [6.07, 6.45) is 7.25. The van der Waals surface area contributed by atoms with Crippen LogP contribution in [-0.4, -0.2) is 36.9 Å². The Morgan fingerprint density at radius 2 is 1.96 bits per heavy atom. The Morgan fingerprint density at radius 3 is 2.61 bits per heavy atom. The van der Waals surface area contributed by atoms with Crippen LogP contribution in [0, 0.1) is 5.41 Å². The number of benzene rings is 1. The molecule has 1 aromatic rings. The Hall–Kier alpha value is -1.02. The number of ether oxygens (including phenoxy) is 1. The number of nitrogens with one attached hydrogen (secondary N) is 2. The minimum Gasteiger partial charge on any atom is -0.491 e. The molecule has 2 rings (SSSR count). The highest BCUT2D eigenvalue weighted by atomic mass is 127. The minimum atomic E-state index is 0. The Morgan fingerprint density at radius 1 is 1.21 bits per heavy atom. The number of nitrogens with zero attached hydrogens (tertiary/aromatic N) is 1. The van der Waals surface area contributed by atoms with E-state index in [0.717, 1.165) is 36.8 Å². The maximum atomic E-state index is 9.51. The Balaban J connectivity index is 0.00000392. The summed E-state index contributed by atoms with van der Waals surface area (Å²) >= 11 is 0. The van der Waals surface area contributed by atoms with E-state index in [0.29, 0.717) is 6.54 Å². The van der Waals surface area contributed by atoms with Crippen LogP contribution in [0.3, 0.4) is 0 Å². The molecule has 3 N–H and O–H groups in total. The van der Waals surface area contributed by atoms with Crippen molar-refractivity contribution in [3.63, 3.8) is 0 Å². The Bertz CT molecular complexity index is 581. The van der Waals surface area contributed by atoms with Crippen LogP contribution in [0.5, 0.6) is 5.75 Å². The molecule has 0 saturated heterocycles. The van der Waals surface area contributed by atoms with Gasteiger partial charge in [0.25, 0.3) is 0 Å². The molecule has 1 aliphatic carbocycles. The number of hydrogen-bond donors (Lipinski definition) is 3. The van der Waals surface area contributed by atoms with Gasteiger partial charge in [-0.3, -0.25) is 0 Å². The third kappa shape index (κ3) is 8.55. The molecule has 0 amide bonds. The molecule has 1 fully saturated rings. The molecule has 1 aromatic carbocycles. The van der Waals surface area contributed by atoms with Gasteiger partial charge in [-0.2, -0.15) is 0 Å². The topological polar surface area (TPSA) is 65.9 Å². The lowest BCUT2D eigenvalue weighted by atomic mass is 9.72. The SMILES string of the molecule is CCNC(=NCc1cccc(OC(C)C)c1)NCC1(CCO)CCCCC1.I. The summed E-state index contributed by atoms with van der Waals surface area (Å²) in [6, 6.07) is 8.13. The van der Waals surface area contributed by atoms with E-state index >= 15 is 0 Å². The summed E-state index contributed by atoms with van der Waals surface area (Å²) in [5, 5.41) is 16.4. The van der Waals surface area contributed by atoms with Crippen molar-refractivity contribution in [1.82, 2.24) is 10.6 Å². The van der Waals surface area contributed by atoms with Crippen molar-refractivity contribution in [2.75, 3.05) is 19.7 Å². The molecule has 1 aliphatic rings. The van der Waals surface area contributed by atoms with Crippen molar-refractivity contribution in [2.45, 2.75) is 71.9 Å². The van der Waals surface area contributed by atoms with E-state index in [4.69, 9.17) is 9.73 Å². The van der Waals surface area contributed by atoms with Crippen LogP contribution < -0.4 is 15.4 Å². The average Bonchev–Trinajstić information content (AvgIpc) is 2.65. The summed E-state index contributed by atoms with van der Waals surface area (Å²) in [6.45, 7) is 8.72. The second-order valence-electron chi connectivity index (χ2n) is 7.90. The first-order valence-corrected chi connectivity index (χ1v) is 10.5. The van der Waals surface area contributed by atoms with Crippen molar-refractivity contribution in [3.8, 4) is 5.75 Å². The Labute approximate surface area is 187 Å². The summed E-state index contributed by atoms with van der Waals surface area (Å²) in [7, 11) is 0. The van der Waals surface area contributed by atoms with Gasteiger partial charge in [-0.1, -0.05) is 31.4 Å². The fraction of sp³-hybridized carbons (Fsp3) is 0.682. The van der Waals surface area contributed by atoms with Gasteiger partial charge < -0.3 is 20.5 Å². The van der Waals surface area contributed by atoms with E-state index in [1.54, 1.807) is 0 Å². The number of rotatable bonds is 9. The van der Waals surface area contributed by atoms with E-state index in [1.165, 1.54) is 32.1 Å². The number of halogens is 1. The first kappa shape index (κ1) is 25.0. The Kier molecular flexibility index (Phi) is 11.8. The lowest BCUT2D eigenvalue weighted by Gasteiger charge is -2.37. The zero-order chi connectivity index (χ0) is 19.5. The molecule has 0 bridgehead atoms. The molecule has 160 valence electrons. The summed E-state index contributed by atoms with van der Waals surface area (Å²) in [5.74, 6) is 1.73. The van der Waals surface area contributed by atoms with Gasteiger partial charge in [0.15, 0.2) is 5.96 Å². The van der Waals surface area contributed by atoms with E-state index in [2.05, 4.69) is 29.7 Å². The maximum absolute atomic E-state index is 9.51. The van der Waals surface area contributed by atoms with Crippen LogP contribution in [0.4, 0.5) is 0 Å². The minimum absolute atomic E-state index is 0. The van der Waals surface area contributed by atoms with Crippen molar-refractivity contribution in [3.05, 3.63) is 29.8 Å². The third-order valence-electron chi connectivity index (χ3n) is 5.22. The van der Waals surface area contributed by atoms with Gasteiger partial charge in [-0.15, -0.1) is 24.0 Å². The largest absolute Gasteiger partial charge is 0.491 e. The smallest absolute Gasteiger partial charge is 0.191 e. The maximum Gasteiger partial charge on any atom is 0.191 e. The molecule has 0 radical (unpaired) electrons. The molecule has 0 unspecified atom stereocenters. The van der Waals surface area contributed by atoms with Gasteiger partial charge in [0.05, 0.1) is 12.6 Å². The van der Waals surface area contributed by atoms with Crippen LogP contribution in [0.25, 0.3) is 0 Å². The van der Waals surface area contributed by atoms with Gasteiger partial charge in [-0.05, 0) is 63.1 Å². The highest BCUT2D eigenvalue weighted by Gasteiger charge is 2.31. The van der Waals surface area contributed by atoms with Crippen molar-refractivity contribution in [2.24, 2.45) is 10.4 Å². The van der Waals surface area contributed by atoms with Gasteiger partial charge in [0.1, 0.15) is 5.75 Å². The molecule has 5 nitrogen and oxygen atoms in total. The van der Waals surface area contributed by atoms with Crippen molar-refractivity contribution >= 4 is 29.9 Å². The second kappa shape index (κ2) is 13.2. The summed E-state index contributed by atoms with van der Waals surface area (Å²) in [5.41, 5.74) is 1.34. The van der Waals surface area contributed by atoms with E-state index in [-0.39, 0.29) is 42.1 Å². The van der Waals surface area contributed by atoms with Crippen molar-refractivity contribution in [1.29, 1.82) is 0 Å². The van der Waals surface area contributed by atoms with Crippen LogP contribution >= 0.6 is 24.0 Å². The quantitative estimate of drug-likeness (QED) is 0.264. The van der Waals surface area contributed by atoms with Gasteiger partial charge in [-0.25, -0.2) is 4.99 Å². The molecular weight excluding hydrogens is 465 g/mol. The molecule has 0 heterocycles. The van der Waals surface area contributed by atoms with Gasteiger partial charge in [0.2, 0.25) is 0 Å². The molecule has 0 aliphatic heterocycles. The lowest BCUT2D eigenvalue weighted by molar-refractivity contribution is 0.131. The van der Waals surface area contributed by atoms with Crippen LogP contribution in [0.1, 0.15) is 64.9 Å². The standard InChI is InChI=1S/C22H37N3O2.HI/c1-4-23-21(25-17-22(13-14-26)11-6-5-7-12-22)24-16-19-9-8-10-20(15-19)27-18(2)3;/h8-10,15,18,26H,4-7,11-14,16-17H2,1-3H3,(H2,23,24,25);1H. The molecule has 6 heteroatoms. The number of aliphatic hydroxyl groups excluding tert-OH is 1. The summed E-state index contributed by atoms with van der Waals surface area (Å²) in [4.78, 5) is 4.76. The molecule has 0 aromatic heterocycles. The fourth-order valence-electron chi connectivity index (χ4n) is 3.83. The molecule has 28 heavy (non-hydrogen) atoms. The molecular formula is C22H38IN3O2. The van der Waals surface area contributed by atoms with Crippen LogP contribution in [0.15, 0.2) is 29.3 Å². The average molecular weight is 503 g/mol. The van der Waals surface area contributed by atoms with E-state index in [1.807, 2.05) is 26.0 Å². The van der Waals surface area contributed by atoms with E-state index in [9.17, 15) is 5.11 Å². The zero-order valence-corrected chi connectivity index (χ0v) is 20.0. The second-order valence-corrected chi connectivity index (χ2v) is 7.90. The zero-order valence-electron chi connectivity index (χ0n) is 17.7. The number of aliphatic imine (C=N–C) groups is 1. The van der Waals surface area contributed by atoms with E-state index < -0.39 is 0 Å². The first-order chi connectivity index (χ1) is 13.1. The van der Waals surface area contributed by atoms with Crippen LogP contribution in [-0.2, 0) is 6.54 Å². The highest BCUT2D eigenvalue weighted by molar-refractivity contribution is 14.0. The number of guanidine groups is 1. The third-order valence-corrected chi connectivity index (χ3v) is 5.22. The van der Waals surface area contributed by atoms with Crippen molar-refractivity contribution < 1.29 is 9.84 Å². The predicted octanol–water partition coefficient (Wildman–Crippen LogP) is 4.48. The molecule has 0 spiro atoms. The highest BCUT2D eigenvalue weighted by Crippen LogP contribution is 2.38. The molecule has 1 saturated carbocycles. The van der Waals surface area contributed by atoms with Gasteiger partial charge in [0, 0.05) is 19.7 Å². The fourth-order valence-corrected chi connectivity index (χ4v) is 3.83. The summed E-state index contributed by atoms with van der Waals surface area (Å²) < 4.78 is 5.77. The van der Waals surface area contributed by atoms with Crippen LogP contribution in [0.2, 0.25) is 0 Å². The lowest BCUT2D eigenvalue weighted by Crippen LogP contribution is -2.44. The van der Waals surface area contributed by atoms with Gasteiger partial charge >= 0.3 is 0 Å². The number of aliphatic hydroxyl groups is 1. The predicted molar refractivity (Wildman–Crippen MR) is 128 cm³/mol. The monoisotopic (exact) mass is 503 g/mol. The number of hydrogen-bond acceptors (Lipinski definition) is 3. The normalized spacial score (nSPS) is 16.4. The first-order valence-electron chi connectivity index (χ1n) is 10.5.